The van der Waals surface area contributed by atoms with Gasteiger partial charge in [-0.25, -0.2) is 9.78 Å². The number of rotatable bonds is 5. The minimum Gasteiger partial charge on any atom is -0.492 e. The summed E-state index contributed by atoms with van der Waals surface area (Å²) in [6.07, 6.45) is 3.07. The number of imidazole rings is 1. The number of carbonyl (C=O) groups is 1. The number of ether oxygens (including phenoxy) is 2. The molecule has 0 aliphatic rings. The van der Waals surface area contributed by atoms with Crippen molar-refractivity contribution < 1.29 is 14.3 Å². The van der Waals surface area contributed by atoms with Crippen molar-refractivity contribution in [2.45, 2.75) is 13.8 Å². The lowest BCUT2D eigenvalue weighted by Crippen LogP contribution is -2.04. The molecule has 0 spiro atoms. The Balaban J connectivity index is 2.30. The molecule has 6 heteroatoms. The smallest absolute Gasteiger partial charge is 0.358 e. The van der Waals surface area contributed by atoms with Gasteiger partial charge in [0, 0.05) is 11.9 Å². The monoisotopic (exact) mass is 285 g/mol. The van der Waals surface area contributed by atoms with Gasteiger partial charge in [-0.2, -0.15) is 5.26 Å². The number of nitrogens with zero attached hydrogens (tertiary/aromatic N) is 3. The lowest BCUT2D eigenvalue weighted by molar-refractivity contribution is 0.0520. The van der Waals surface area contributed by atoms with Crippen molar-refractivity contribution in [3.8, 4) is 17.5 Å². The zero-order valence-corrected chi connectivity index (χ0v) is 11.9. The Labute approximate surface area is 122 Å². The number of carbonyl (C=O) groups excluding carboxylic acids is 1. The average molecular weight is 285 g/mol. The molecule has 1 heterocycles. The van der Waals surface area contributed by atoms with Crippen LogP contribution in [0.3, 0.4) is 0 Å². The van der Waals surface area contributed by atoms with Crippen LogP contribution in [0.2, 0.25) is 0 Å². The van der Waals surface area contributed by atoms with Crippen molar-refractivity contribution in [3.63, 3.8) is 0 Å². The quantitative estimate of drug-likeness (QED) is 0.788. The lowest BCUT2D eigenvalue weighted by Gasteiger charge is -2.07. The predicted octanol–water partition coefficient (Wildman–Crippen LogP) is 2.32. The summed E-state index contributed by atoms with van der Waals surface area (Å²) in [6, 6.07) is 7.29. The first-order valence-corrected chi connectivity index (χ1v) is 6.58. The van der Waals surface area contributed by atoms with Gasteiger partial charge in [0.15, 0.2) is 5.69 Å². The van der Waals surface area contributed by atoms with Crippen LogP contribution in [0.1, 0.15) is 29.9 Å². The molecule has 0 saturated carbocycles. The van der Waals surface area contributed by atoms with Crippen LogP contribution in [0.4, 0.5) is 0 Å². The van der Waals surface area contributed by atoms with Gasteiger partial charge in [-0.05, 0) is 32.0 Å². The third-order valence-corrected chi connectivity index (χ3v) is 2.75. The van der Waals surface area contributed by atoms with Crippen molar-refractivity contribution in [2.75, 3.05) is 13.2 Å². The molecule has 1 aromatic heterocycles. The fourth-order valence-electron chi connectivity index (χ4n) is 1.82. The molecule has 2 rings (SSSR count). The molecule has 0 atom stereocenters. The first-order chi connectivity index (χ1) is 10.2. The summed E-state index contributed by atoms with van der Waals surface area (Å²) in [5.74, 6) is 0.0668. The van der Waals surface area contributed by atoms with Crippen molar-refractivity contribution in [2.24, 2.45) is 0 Å². The van der Waals surface area contributed by atoms with E-state index in [0.29, 0.717) is 24.5 Å². The Morgan fingerprint density at radius 1 is 1.38 bits per heavy atom. The molecule has 108 valence electrons. The molecular weight excluding hydrogens is 270 g/mol. The number of hydrogen-bond acceptors (Lipinski definition) is 5. The van der Waals surface area contributed by atoms with Gasteiger partial charge in [-0.15, -0.1) is 0 Å². The van der Waals surface area contributed by atoms with E-state index in [4.69, 9.17) is 14.7 Å². The Kier molecular flexibility index (Phi) is 4.57. The number of aromatic nitrogens is 2. The van der Waals surface area contributed by atoms with E-state index in [1.807, 2.05) is 6.92 Å². The molecule has 0 fully saturated rings. The van der Waals surface area contributed by atoms with Crippen molar-refractivity contribution >= 4 is 5.97 Å². The van der Waals surface area contributed by atoms with Crippen LogP contribution in [0.25, 0.3) is 5.69 Å². The van der Waals surface area contributed by atoms with Gasteiger partial charge in [-0.3, -0.25) is 0 Å². The fourth-order valence-corrected chi connectivity index (χ4v) is 1.82. The molecule has 0 bridgehead atoms. The van der Waals surface area contributed by atoms with Crippen LogP contribution >= 0.6 is 0 Å². The van der Waals surface area contributed by atoms with Crippen LogP contribution < -0.4 is 4.74 Å². The number of benzene rings is 1. The summed E-state index contributed by atoms with van der Waals surface area (Å²) < 4.78 is 11.9. The molecule has 0 aliphatic heterocycles. The minimum absolute atomic E-state index is 0.226. The Morgan fingerprint density at radius 2 is 2.19 bits per heavy atom. The van der Waals surface area contributed by atoms with Gasteiger partial charge in [0.2, 0.25) is 0 Å². The van der Waals surface area contributed by atoms with Crippen LogP contribution in [0, 0.1) is 11.3 Å². The topological polar surface area (TPSA) is 77.1 Å². The van der Waals surface area contributed by atoms with Crippen LogP contribution in [0.15, 0.2) is 30.7 Å². The molecule has 6 nitrogen and oxygen atoms in total. The largest absolute Gasteiger partial charge is 0.492 e. The summed E-state index contributed by atoms with van der Waals surface area (Å²) in [4.78, 5) is 15.6. The highest BCUT2D eigenvalue weighted by Gasteiger charge is 2.12. The first kappa shape index (κ1) is 14.6. The van der Waals surface area contributed by atoms with Gasteiger partial charge >= 0.3 is 5.97 Å². The highest BCUT2D eigenvalue weighted by atomic mass is 16.5. The minimum atomic E-state index is -0.470. The second kappa shape index (κ2) is 6.57. The van der Waals surface area contributed by atoms with E-state index in [9.17, 15) is 4.79 Å². The second-order valence-electron chi connectivity index (χ2n) is 4.11. The predicted molar refractivity (Wildman–Crippen MR) is 75.4 cm³/mol. The maximum absolute atomic E-state index is 11.6. The third kappa shape index (κ3) is 3.20. The molecule has 0 unspecified atom stereocenters. The van der Waals surface area contributed by atoms with Gasteiger partial charge in [0.25, 0.3) is 0 Å². The molecule has 0 radical (unpaired) electrons. The third-order valence-electron chi connectivity index (χ3n) is 2.75. The molecule has 1 aromatic carbocycles. The lowest BCUT2D eigenvalue weighted by atomic mass is 10.2. The van der Waals surface area contributed by atoms with Crippen molar-refractivity contribution in [1.82, 2.24) is 9.55 Å². The molecule has 0 amide bonds. The second-order valence-corrected chi connectivity index (χ2v) is 4.11. The summed E-state index contributed by atoms with van der Waals surface area (Å²) in [6.45, 7) is 4.39. The maximum Gasteiger partial charge on any atom is 0.358 e. The van der Waals surface area contributed by atoms with E-state index >= 15 is 0 Å². The first-order valence-electron chi connectivity index (χ1n) is 6.58. The number of nitriles is 1. The van der Waals surface area contributed by atoms with E-state index in [2.05, 4.69) is 11.1 Å². The van der Waals surface area contributed by atoms with Crippen LogP contribution in [0.5, 0.6) is 5.75 Å². The zero-order valence-electron chi connectivity index (χ0n) is 11.9. The van der Waals surface area contributed by atoms with Crippen LogP contribution in [-0.4, -0.2) is 28.7 Å². The van der Waals surface area contributed by atoms with Crippen molar-refractivity contribution in [3.05, 3.63) is 42.0 Å². The van der Waals surface area contributed by atoms with Crippen LogP contribution in [-0.2, 0) is 4.74 Å². The van der Waals surface area contributed by atoms with Gasteiger partial charge in [0.05, 0.1) is 18.8 Å². The molecular formula is C15H15N3O3. The Morgan fingerprint density at radius 3 is 2.86 bits per heavy atom. The SMILES string of the molecule is CCOC(=O)c1cn(-c2ccc(OCC)c(C#N)c2)cn1. The summed E-state index contributed by atoms with van der Waals surface area (Å²) >= 11 is 0. The number of esters is 1. The van der Waals surface area contributed by atoms with E-state index in [-0.39, 0.29) is 5.69 Å². The van der Waals surface area contributed by atoms with E-state index in [1.165, 1.54) is 6.33 Å². The van der Waals surface area contributed by atoms with Gasteiger partial charge in [0.1, 0.15) is 18.1 Å². The Hall–Kier alpha value is -2.81. The average Bonchev–Trinajstić information content (AvgIpc) is 2.98. The highest BCUT2D eigenvalue weighted by Crippen LogP contribution is 2.21. The molecule has 0 saturated heterocycles. The normalized spacial score (nSPS) is 9.95. The molecule has 2 aromatic rings. The summed E-state index contributed by atoms with van der Waals surface area (Å²) in [5, 5.41) is 9.15. The Bertz CT molecular complexity index is 686. The zero-order chi connectivity index (χ0) is 15.2. The van der Waals surface area contributed by atoms with Crippen molar-refractivity contribution in [1.29, 1.82) is 5.26 Å². The van der Waals surface area contributed by atoms with Gasteiger partial charge < -0.3 is 14.0 Å². The molecule has 0 N–H and O–H groups in total. The molecule has 0 aliphatic carbocycles. The summed E-state index contributed by atoms with van der Waals surface area (Å²) in [5.41, 5.74) is 1.38. The van der Waals surface area contributed by atoms with Gasteiger partial charge in [-0.1, -0.05) is 0 Å². The number of hydrogen-bond donors (Lipinski definition) is 0. The molecule has 21 heavy (non-hydrogen) atoms. The van der Waals surface area contributed by atoms with E-state index in [1.54, 1.807) is 35.9 Å². The van der Waals surface area contributed by atoms with E-state index < -0.39 is 5.97 Å². The maximum atomic E-state index is 11.6. The highest BCUT2D eigenvalue weighted by molar-refractivity contribution is 5.87. The van der Waals surface area contributed by atoms with E-state index in [0.717, 1.165) is 5.69 Å². The standard InChI is InChI=1S/C15H15N3O3/c1-3-20-14-6-5-12(7-11(14)8-16)18-9-13(17-10-18)15(19)21-4-2/h5-7,9-10H,3-4H2,1-2H3. The fraction of sp³-hybridized carbons (Fsp3) is 0.267. The summed E-state index contributed by atoms with van der Waals surface area (Å²) in [7, 11) is 0.